The summed E-state index contributed by atoms with van der Waals surface area (Å²) in [6.45, 7) is 13.0. The summed E-state index contributed by atoms with van der Waals surface area (Å²) in [5.74, 6) is 1.26. The van der Waals surface area contributed by atoms with Gasteiger partial charge in [0.1, 0.15) is 17.6 Å². The Balaban J connectivity index is 0.000000170. The van der Waals surface area contributed by atoms with Crippen molar-refractivity contribution in [1.29, 1.82) is 0 Å². The van der Waals surface area contributed by atoms with Crippen LogP contribution in [0.25, 0.3) is 21.5 Å². The van der Waals surface area contributed by atoms with Crippen LogP contribution >= 0.6 is 0 Å². The summed E-state index contributed by atoms with van der Waals surface area (Å²) in [5, 5.41) is 22.7. The fraction of sp³-hybridized carbons (Fsp3) is 0.522. The largest absolute Gasteiger partial charge is 0.508 e. The number of benzene rings is 4. The van der Waals surface area contributed by atoms with E-state index in [1.54, 1.807) is 12.1 Å². The molecule has 0 radical (unpaired) electrons. The minimum Gasteiger partial charge on any atom is -0.508 e. The Morgan fingerprint density at radius 2 is 1.12 bits per heavy atom. The lowest BCUT2D eigenvalue weighted by Gasteiger charge is -2.30. The van der Waals surface area contributed by atoms with Gasteiger partial charge in [-0.1, -0.05) is 36.4 Å². The lowest BCUT2D eigenvalue weighted by Crippen LogP contribution is -2.36. The SMILES string of the molecule is CCOC(=O)C1CCN(Cc2ccc3cc(O)ccc3c2)CC1.CCOC(=O)C1CCN(Cc2ccc3cc(OC4CCOC4)ccc3c2)CC1.OC1CCOC1. The lowest BCUT2D eigenvalue weighted by atomic mass is 9.96. The summed E-state index contributed by atoms with van der Waals surface area (Å²) >= 11 is 0. The van der Waals surface area contributed by atoms with E-state index >= 15 is 0 Å². The third-order valence-electron chi connectivity index (χ3n) is 11.1. The summed E-state index contributed by atoms with van der Waals surface area (Å²) in [5.41, 5.74) is 2.57. The van der Waals surface area contributed by atoms with Gasteiger partial charge >= 0.3 is 11.9 Å². The molecule has 2 atom stereocenters. The van der Waals surface area contributed by atoms with E-state index in [1.165, 1.54) is 21.9 Å². The zero-order valence-corrected chi connectivity index (χ0v) is 33.6. The van der Waals surface area contributed by atoms with Crippen molar-refractivity contribution in [3.05, 3.63) is 83.9 Å². The Kier molecular flexibility index (Phi) is 16.0. The molecule has 4 fully saturated rings. The van der Waals surface area contributed by atoms with Crippen LogP contribution in [-0.4, -0.2) is 110 Å². The highest BCUT2D eigenvalue weighted by atomic mass is 16.5. The predicted octanol–water partition coefficient (Wildman–Crippen LogP) is 6.87. The van der Waals surface area contributed by atoms with Crippen molar-refractivity contribution in [3.8, 4) is 11.5 Å². The fourth-order valence-electron chi connectivity index (χ4n) is 7.84. The first kappa shape index (κ1) is 42.3. The first-order valence-electron chi connectivity index (χ1n) is 20.8. The Hall–Kier alpha value is -4.26. The quantitative estimate of drug-likeness (QED) is 0.164. The zero-order valence-electron chi connectivity index (χ0n) is 33.6. The van der Waals surface area contributed by atoms with E-state index in [2.05, 4.69) is 64.4 Å². The van der Waals surface area contributed by atoms with E-state index in [-0.39, 0.29) is 36.0 Å². The second-order valence-electron chi connectivity index (χ2n) is 15.4. The maximum atomic E-state index is 11.9. The molecule has 11 nitrogen and oxygen atoms in total. The molecular formula is C46H60N2O9. The number of aliphatic hydroxyl groups is 1. The van der Waals surface area contributed by atoms with E-state index in [4.69, 9.17) is 28.8 Å². The van der Waals surface area contributed by atoms with Crippen LogP contribution in [0.1, 0.15) is 63.5 Å². The Labute approximate surface area is 336 Å². The van der Waals surface area contributed by atoms with Crippen LogP contribution < -0.4 is 4.74 Å². The molecule has 4 aromatic rings. The van der Waals surface area contributed by atoms with Crippen LogP contribution in [0, 0.1) is 11.8 Å². The lowest BCUT2D eigenvalue weighted by molar-refractivity contribution is -0.150. The second-order valence-corrected chi connectivity index (χ2v) is 15.4. The van der Waals surface area contributed by atoms with Crippen LogP contribution in [0.4, 0.5) is 0 Å². The molecule has 308 valence electrons. The number of esters is 2. The molecule has 2 unspecified atom stereocenters. The Morgan fingerprint density at radius 3 is 1.60 bits per heavy atom. The van der Waals surface area contributed by atoms with Gasteiger partial charge in [0, 0.05) is 26.1 Å². The summed E-state index contributed by atoms with van der Waals surface area (Å²) in [4.78, 5) is 28.5. The van der Waals surface area contributed by atoms with Crippen LogP contribution in [0.2, 0.25) is 0 Å². The number of carbonyl (C=O) groups excluding carboxylic acids is 2. The van der Waals surface area contributed by atoms with Crippen molar-refractivity contribution >= 4 is 33.5 Å². The number of phenolic OH excluding ortho intramolecular Hbond substituents is 1. The molecule has 4 heterocycles. The number of nitrogens with zero attached hydrogens (tertiary/aromatic N) is 2. The van der Waals surface area contributed by atoms with Gasteiger partial charge in [-0.25, -0.2) is 0 Å². The number of phenols is 1. The smallest absolute Gasteiger partial charge is 0.309 e. The molecule has 4 aliphatic heterocycles. The van der Waals surface area contributed by atoms with Crippen LogP contribution in [0.3, 0.4) is 0 Å². The molecule has 57 heavy (non-hydrogen) atoms. The summed E-state index contributed by atoms with van der Waals surface area (Å²) in [6, 6.07) is 24.7. The second kappa shape index (κ2) is 21.5. The number of rotatable bonds is 10. The minimum absolute atomic E-state index is 0.0324. The first-order chi connectivity index (χ1) is 27.8. The third-order valence-corrected chi connectivity index (χ3v) is 11.1. The average Bonchev–Trinajstić information content (AvgIpc) is 3.93. The highest BCUT2D eigenvalue weighted by molar-refractivity contribution is 5.85. The number of carbonyl (C=O) groups is 2. The number of fused-ring (bicyclic) bond motifs is 2. The van der Waals surface area contributed by atoms with Gasteiger partial charge in [-0.3, -0.25) is 19.4 Å². The van der Waals surface area contributed by atoms with Gasteiger partial charge in [0.05, 0.1) is 51.0 Å². The van der Waals surface area contributed by atoms with Crippen molar-refractivity contribution in [1.82, 2.24) is 9.80 Å². The number of hydrogen-bond acceptors (Lipinski definition) is 11. The molecule has 0 bridgehead atoms. The number of likely N-dealkylation sites (tertiary alicyclic amines) is 2. The monoisotopic (exact) mass is 784 g/mol. The molecule has 4 saturated heterocycles. The molecule has 4 aromatic carbocycles. The van der Waals surface area contributed by atoms with Gasteiger partial charge in [0.15, 0.2) is 0 Å². The van der Waals surface area contributed by atoms with Crippen molar-refractivity contribution in [2.45, 2.75) is 77.7 Å². The highest BCUT2D eigenvalue weighted by Crippen LogP contribution is 2.27. The number of aromatic hydroxyl groups is 1. The highest BCUT2D eigenvalue weighted by Gasteiger charge is 2.27. The molecule has 0 amide bonds. The first-order valence-corrected chi connectivity index (χ1v) is 20.8. The van der Waals surface area contributed by atoms with E-state index in [9.17, 15) is 14.7 Å². The molecule has 0 aliphatic carbocycles. The molecule has 0 saturated carbocycles. The predicted molar refractivity (Wildman–Crippen MR) is 220 cm³/mol. The van der Waals surface area contributed by atoms with Crippen molar-refractivity contribution in [3.63, 3.8) is 0 Å². The van der Waals surface area contributed by atoms with E-state index in [0.717, 1.165) is 108 Å². The van der Waals surface area contributed by atoms with Crippen molar-refractivity contribution in [2.75, 3.05) is 65.8 Å². The van der Waals surface area contributed by atoms with Crippen LogP contribution in [0.5, 0.6) is 11.5 Å². The van der Waals surface area contributed by atoms with Gasteiger partial charge in [-0.05, 0) is 141 Å². The Morgan fingerprint density at radius 1 is 0.632 bits per heavy atom. The summed E-state index contributed by atoms with van der Waals surface area (Å²) < 4.78 is 26.5. The molecular weight excluding hydrogens is 725 g/mol. The number of piperidine rings is 2. The molecule has 11 heteroatoms. The molecule has 0 spiro atoms. The fourth-order valence-corrected chi connectivity index (χ4v) is 7.84. The van der Waals surface area contributed by atoms with Crippen molar-refractivity contribution < 1.29 is 43.5 Å². The summed E-state index contributed by atoms with van der Waals surface area (Å²) in [6.07, 6.45) is 5.31. The normalized spacial score (nSPS) is 20.7. The summed E-state index contributed by atoms with van der Waals surface area (Å²) in [7, 11) is 0. The Bertz CT molecular complexity index is 1870. The van der Waals surface area contributed by atoms with Crippen molar-refractivity contribution in [2.24, 2.45) is 11.8 Å². The zero-order chi connectivity index (χ0) is 40.0. The van der Waals surface area contributed by atoms with Gasteiger partial charge in [0.2, 0.25) is 0 Å². The van der Waals surface area contributed by atoms with Crippen LogP contribution in [-0.2, 0) is 41.6 Å². The molecule has 2 N–H and O–H groups in total. The van der Waals surface area contributed by atoms with Gasteiger partial charge in [-0.15, -0.1) is 0 Å². The standard InChI is InChI=1S/C23H29NO4.C19H23NO3.C4H8O2/c1-2-27-23(25)18-7-10-24(11-8-18)15-17-3-4-20-14-21(6-5-19(20)13-17)28-22-9-12-26-16-22;1-2-23-19(22)15-7-9-20(10-8-15)13-14-3-4-17-12-18(21)6-5-16(17)11-14;5-4-1-2-6-3-4/h3-6,13-14,18,22H,2,7-12,15-16H2,1H3;3-6,11-12,15,21H,2,7-10,13H2,1H3;4-5H,1-3H2. The molecule has 4 aliphatic rings. The number of aliphatic hydroxyl groups excluding tert-OH is 1. The maximum Gasteiger partial charge on any atom is 0.309 e. The molecule has 0 aromatic heterocycles. The topological polar surface area (TPSA) is 127 Å². The third kappa shape index (κ3) is 12.9. The van der Waals surface area contributed by atoms with Gasteiger partial charge in [0.25, 0.3) is 0 Å². The van der Waals surface area contributed by atoms with E-state index in [1.807, 2.05) is 19.9 Å². The van der Waals surface area contributed by atoms with E-state index in [0.29, 0.717) is 32.2 Å². The number of ether oxygens (including phenoxy) is 5. The minimum atomic E-state index is -0.176. The number of hydrogen-bond donors (Lipinski definition) is 2. The van der Waals surface area contributed by atoms with Gasteiger partial charge in [-0.2, -0.15) is 0 Å². The molecule has 8 rings (SSSR count). The average molecular weight is 785 g/mol. The van der Waals surface area contributed by atoms with E-state index < -0.39 is 0 Å². The maximum absolute atomic E-state index is 11.9. The van der Waals surface area contributed by atoms with Gasteiger partial charge < -0.3 is 33.9 Å². The van der Waals surface area contributed by atoms with Crippen LogP contribution in [0.15, 0.2) is 72.8 Å².